The molecule has 0 aliphatic heterocycles. The molecule has 2 aromatic carbocycles. The minimum Gasteiger partial charge on any atom is -0.506 e. The van der Waals surface area contributed by atoms with Crippen LogP contribution in [0.1, 0.15) is 23.1 Å². The van der Waals surface area contributed by atoms with Crippen LogP contribution in [0, 0.1) is 0 Å². The number of nitrogens with zero attached hydrogens (tertiary/aromatic N) is 2. The second kappa shape index (κ2) is 6.94. The van der Waals surface area contributed by atoms with Crippen LogP contribution in [0.5, 0.6) is 5.75 Å². The highest BCUT2D eigenvalue weighted by Crippen LogP contribution is 2.24. The number of aromatic amines is 1. The van der Waals surface area contributed by atoms with Crippen LogP contribution in [0.15, 0.2) is 47.3 Å². The average molecular weight is 358 g/mol. The number of carbonyl (C=O) groups excluding carboxylic acids is 1. The Morgan fingerprint density at radius 1 is 1.28 bits per heavy atom. The summed E-state index contributed by atoms with van der Waals surface area (Å²) < 4.78 is 0. The molecule has 128 valence electrons. The van der Waals surface area contributed by atoms with Crippen molar-refractivity contribution in [3.05, 3.63) is 69.2 Å². The fourth-order valence-electron chi connectivity index (χ4n) is 2.54. The zero-order chi connectivity index (χ0) is 18.0. The molecule has 0 aliphatic carbocycles. The molecule has 0 saturated heterocycles. The first-order chi connectivity index (χ1) is 12.0. The molecule has 0 fully saturated rings. The third kappa shape index (κ3) is 3.49. The Morgan fingerprint density at radius 2 is 2.04 bits per heavy atom. The van der Waals surface area contributed by atoms with E-state index in [1.54, 1.807) is 24.3 Å². The van der Waals surface area contributed by atoms with Crippen LogP contribution in [0.3, 0.4) is 0 Å². The van der Waals surface area contributed by atoms with E-state index >= 15 is 0 Å². The van der Waals surface area contributed by atoms with E-state index < -0.39 is 0 Å². The Kier molecular flexibility index (Phi) is 4.72. The molecule has 7 heteroatoms. The molecule has 3 rings (SSSR count). The standard InChI is InChI=1S/C18H16ClN3O3/c1-2-22(18(25)11-7-8-15(23)13(19)9-11)10-16-20-14-6-4-3-5-12(14)17(24)21-16/h3-9,23H,2,10H2,1H3,(H,20,21,24). The van der Waals surface area contributed by atoms with E-state index in [1.807, 2.05) is 6.92 Å². The van der Waals surface area contributed by atoms with Crippen LogP contribution in [-0.4, -0.2) is 32.4 Å². The minimum absolute atomic E-state index is 0.0817. The fraction of sp³-hybridized carbons (Fsp3) is 0.167. The highest BCUT2D eigenvalue weighted by molar-refractivity contribution is 6.32. The van der Waals surface area contributed by atoms with Crippen LogP contribution in [0.4, 0.5) is 0 Å². The van der Waals surface area contributed by atoms with Crippen LogP contribution in [0.2, 0.25) is 5.02 Å². The summed E-state index contributed by atoms with van der Waals surface area (Å²) in [6, 6.07) is 11.3. The summed E-state index contributed by atoms with van der Waals surface area (Å²) in [5, 5.41) is 10.1. The number of nitrogens with one attached hydrogen (secondary N) is 1. The zero-order valence-electron chi connectivity index (χ0n) is 13.5. The largest absolute Gasteiger partial charge is 0.506 e. The van der Waals surface area contributed by atoms with Crippen molar-refractivity contribution in [2.45, 2.75) is 13.5 Å². The Balaban J connectivity index is 1.90. The van der Waals surface area contributed by atoms with Gasteiger partial charge < -0.3 is 15.0 Å². The van der Waals surface area contributed by atoms with E-state index in [2.05, 4.69) is 9.97 Å². The summed E-state index contributed by atoms with van der Waals surface area (Å²) in [4.78, 5) is 33.5. The second-order valence-corrected chi connectivity index (χ2v) is 5.92. The highest BCUT2D eigenvalue weighted by Gasteiger charge is 2.17. The molecule has 0 spiro atoms. The number of benzene rings is 2. The van der Waals surface area contributed by atoms with Crippen molar-refractivity contribution in [3.63, 3.8) is 0 Å². The molecule has 1 heterocycles. The number of fused-ring (bicyclic) bond motifs is 1. The van der Waals surface area contributed by atoms with E-state index in [1.165, 1.54) is 23.1 Å². The molecule has 0 atom stereocenters. The first kappa shape index (κ1) is 17.0. The van der Waals surface area contributed by atoms with Gasteiger partial charge in [-0.05, 0) is 37.3 Å². The van der Waals surface area contributed by atoms with Crippen molar-refractivity contribution in [2.24, 2.45) is 0 Å². The minimum atomic E-state index is -0.264. The fourth-order valence-corrected chi connectivity index (χ4v) is 2.72. The van der Waals surface area contributed by atoms with Crippen LogP contribution in [0.25, 0.3) is 10.9 Å². The van der Waals surface area contributed by atoms with Crippen molar-refractivity contribution in [2.75, 3.05) is 6.54 Å². The van der Waals surface area contributed by atoms with Gasteiger partial charge in [0.05, 0.1) is 22.5 Å². The second-order valence-electron chi connectivity index (χ2n) is 5.52. The van der Waals surface area contributed by atoms with Gasteiger partial charge in [-0.1, -0.05) is 23.7 Å². The zero-order valence-corrected chi connectivity index (χ0v) is 14.2. The molecule has 2 N–H and O–H groups in total. The van der Waals surface area contributed by atoms with E-state index in [4.69, 9.17) is 11.6 Å². The van der Waals surface area contributed by atoms with Gasteiger partial charge in [0.1, 0.15) is 11.6 Å². The van der Waals surface area contributed by atoms with E-state index in [0.29, 0.717) is 28.8 Å². The number of aromatic nitrogens is 2. The van der Waals surface area contributed by atoms with Crippen LogP contribution >= 0.6 is 11.6 Å². The highest BCUT2D eigenvalue weighted by atomic mass is 35.5. The molecule has 25 heavy (non-hydrogen) atoms. The number of amides is 1. The number of phenols is 1. The summed E-state index contributed by atoms with van der Waals surface area (Å²) in [5.74, 6) is 0.0609. The number of hydrogen-bond donors (Lipinski definition) is 2. The molecule has 1 amide bonds. The first-order valence-electron chi connectivity index (χ1n) is 7.75. The Hall–Kier alpha value is -2.86. The summed E-state index contributed by atoms with van der Waals surface area (Å²) >= 11 is 5.87. The van der Waals surface area contributed by atoms with Gasteiger partial charge in [0, 0.05) is 12.1 Å². The number of hydrogen-bond acceptors (Lipinski definition) is 4. The predicted molar refractivity (Wildman–Crippen MR) is 95.9 cm³/mol. The van der Waals surface area contributed by atoms with Crippen LogP contribution < -0.4 is 5.56 Å². The molecule has 0 saturated carbocycles. The number of H-pyrrole nitrogens is 1. The lowest BCUT2D eigenvalue weighted by atomic mass is 10.2. The SMILES string of the molecule is CCN(Cc1nc2ccccc2c(=O)[nH]1)C(=O)c1ccc(O)c(Cl)c1. The Bertz CT molecular complexity index is 1000. The molecule has 0 radical (unpaired) electrons. The summed E-state index contributed by atoms with van der Waals surface area (Å²) in [6.07, 6.45) is 0. The number of para-hydroxylation sites is 1. The normalized spacial score (nSPS) is 10.8. The summed E-state index contributed by atoms with van der Waals surface area (Å²) in [6.45, 7) is 2.42. The monoisotopic (exact) mass is 357 g/mol. The van der Waals surface area contributed by atoms with Gasteiger partial charge in [0.25, 0.3) is 11.5 Å². The maximum Gasteiger partial charge on any atom is 0.258 e. The van der Waals surface area contributed by atoms with Gasteiger partial charge in [-0.25, -0.2) is 4.98 Å². The van der Waals surface area contributed by atoms with Gasteiger partial charge in [0.15, 0.2) is 0 Å². The van der Waals surface area contributed by atoms with Crippen molar-refractivity contribution >= 4 is 28.4 Å². The number of halogens is 1. The summed E-state index contributed by atoms with van der Waals surface area (Å²) in [5.41, 5.74) is 0.696. The van der Waals surface area contributed by atoms with Crippen molar-refractivity contribution in [1.29, 1.82) is 0 Å². The van der Waals surface area contributed by atoms with Gasteiger partial charge in [-0.3, -0.25) is 9.59 Å². The van der Waals surface area contributed by atoms with Crippen molar-refractivity contribution < 1.29 is 9.90 Å². The van der Waals surface area contributed by atoms with Gasteiger partial charge in [-0.15, -0.1) is 0 Å². The van der Waals surface area contributed by atoms with E-state index in [9.17, 15) is 14.7 Å². The van der Waals surface area contributed by atoms with Gasteiger partial charge >= 0.3 is 0 Å². The lowest BCUT2D eigenvalue weighted by Gasteiger charge is -2.20. The van der Waals surface area contributed by atoms with Gasteiger partial charge in [-0.2, -0.15) is 0 Å². The van der Waals surface area contributed by atoms with Crippen LogP contribution in [-0.2, 0) is 6.54 Å². The third-order valence-corrected chi connectivity index (χ3v) is 4.17. The van der Waals surface area contributed by atoms with Gasteiger partial charge in [0.2, 0.25) is 0 Å². The lowest BCUT2D eigenvalue weighted by molar-refractivity contribution is 0.0748. The molecule has 0 bridgehead atoms. The smallest absolute Gasteiger partial charge is 0.258 e. The third-order valence-electron chi connectivity index (χ3n) is 3.87. The average Bonchev–Trinajstić information content (AvgIpc) is 2.61. The molecule has 0 unspecified atom stereocenters. The molecule has 3 aromatic rings. The number of aromatic hydroxyl groups is 1. The Labute approximate surface area is 148 Å². The first-order valence-corrected chi connectivity index (χ1v) is 8.13. The van der Waals surface area contributed by atoms with Crippen molar-refractivity contribution in [1.82, 2.24) is 14.9 Å². The molecule has 1 aromatic heterocycles. The molecular formula is C18H16ClN3O3. The number of carbonyl (C=O) groups is 1. The molecule has 0 aliphatic rings. The quantitative estimate of drug-likeness (QED) is 0.751. The lowest BCUT2D eigenvalue weighted by Crippen LogP contribution is -2.32. The van der Waals surface area contributed by atoms with E-state index in [0.717, 1.165) is 0 Å². The maximum atomic E-state index is 12.7. The maximum absolute atomic E-state index is 12.7. The Morgan fingerprint density at radius 3 is 2.76 bits per heavy atom. The predicted octanol–water partition coefficient (Wildman–Crippen LogP) is 2.94. The van der Waals surface area contributed by atoms with Crippen molar-refractivity contribution in [3.8, 4) is 5.75 Å². The van der Waals surface area contributed by atoms with E-state index in [-0.39, 0.29) is 28.8 Å². The summed E-state index contributed by atoms with van der Waals surface area (Å²) in [7, 11) is 0. The molecular weight excluding hydrogens is 342 g/mol. The molecule has 6 nitrogen and oxygen atoms in total. The topological polar surface area (TPSA) is 86.3 Å². The number of rotatable bonds is 4. The number of phenolic OH excluding ortho intramolecular Hbond substituents is 1.